The number of carbonyl (C=O) groups is 1. The van der Waals surface area contributed by atoms with Crippen molar-refractivity contribution in [1.82, 2.24) is 4.90 Å². The summed E-state index contributed by atoms with van der Waals surface area (Å²) in [5, 5.41) is 0. The van der Waals surface area contributed by atoms with Gasteiger partial charge >= 0.3 is 0 Å². The maximum Gasteiger partial charge on any atom is 0.255 e. The summed E-state index contributed by atoms with van der Waals surface area (Å²) in [6.45, 7) is 0.663. The molecule has 0 aliphatic carbocycles. The summed E-state index contributed by atoms with van der Waals surface area (Å²) < 4.78 is 13.0. The van der Waals surface area contributed by atoms with E-state index >= 15 is 0 Å². The molecule has 2 rings (SSSR count). The van der Waals surface area contributed by atoms with E-state index in [9.17, 15) is 9.18 Å². The Morgan fingerprint density at radius 3 is 2.94 bits per heavy atom. The SMILES string of the molecule is NC1CCCCN1C(=O)c1cccc(F)c1. The Hall–Kier alpha value is -1.42. The van der Waals surface area contributed by atoms with E-state index in [0.29, 0.717) is 12.1 Å². The summed E-state index contributed by atoms with van der Waals surface area (Å²) in [5.74, 6) is -0.567. The Morgan fingerprint density at radius 1 is 1.44 bits per heavy atom. The van der Waals surface area contributed by atoms with Crippen LogP contribution in [0, 0.1) is 5.82 Å². The van der Waals surface area contributed by atoms with Crippen LogP contribution in [-0.4, -0.2) is 23.5 Å². The van der Waals surface area contributed by atoms with Gasteiger partial charge in [-0.15, -0.1) is 0 Å². The molecule has 0 radical (unpaired) electrons. The molecule has 3 nitrogen and oxygen atoms in total. The first-order valence-corrected chi connectivity index (χ1v) is 5.50. The molecule has 0 saturated carbocycles. The number of halogens is 1. The Bertz CT molecular complexity index is 394. The van der Waals surface area contributed by atoms with Crippen molar-refractivity contribution >= 4 is 5.91 Å². The average molecular weight is 222 g/mol. The zero-order valence-corrected chi connectivity index (χ0v) is 9.03. The lowest BCUT2D eigenvalue weighted by Crippen LogP contribution is -2.48. The van der Waals surface area contributed by atoms with Crippen LogP contribution in [0.5, 0.6) is 0 Å². The molecule has 1 aromatic carbocycles. The molecule has 1 aromatic rings. The van der Waals surface area contributed by atoms with Crippen LogP contribution in [0.4, 0.5) is 4.39 Å². The maximum absolute atomic E-state index is 13.0. The van der Waals surface area contributed by atoms with Crippen LogP contribution in [0.2, 0.25) is 0 Å². The fourth-order valence-electron chi connectivity index (χ4n) is 2.00. The first-order chi connectivity index (χ1) is 7.68. The minimum atomic E-state index is -0.392. The minimum Gasteiger partial charge on any atom is -0.323 e. The summed E-state index contributed by atoms with van der Waals surface area (Å²) in [5.41, 5.74) is 6.24. The molecule has 1 fully saturated rings. The fraction of sp³-hybridized carbons (Fsp3) is 0.417. The van der Waals surface area contributed by atoms with Crippen LogP contribution in [0.15, 0.2) is 24.3 Å². The van der Waals surface area contributed by atoms with Gasteiger partial charge in [-0.25, -0.2) is 4.39 Å². The number of piperidine rings is 1. The second-order valence-corrected chi connectivity index (χ2v) is 4.07. The highest BCUT2D eigenvalue weighted by Gasteiger charge is 2.24. The number of likely N-dealkylation sites (tertiary alicyclic amines) is 1. The topological polar surface area (TPSA) is 46.3 Å². The Balaban J connectivity index is 2.17. The van der Waals surface area contributed by atoms with Gasteiger partial charge in [-0.3, -0.25) is 4.79 Å². The van der Waals surface area contributed by atoms with Gasteiger partial charge in [-0.1, -0.05) is 6.07 Å². The Morgan fingerprint density at radius 2 is 2.25 bits per heavy atom. The number of carbonyl (C=O) groups excluding carboxylic acids is 1. The predicted molar refractivity (Wildman–Crippen MR) is 59.3 cm³/mol. The average Bonchev–Trinajstić information content (AvgIpc) is 2.29. The number of nitrogens with two attached hydrogens (primary N) is 1. The maximum atomic E-state index is 13.0. The molecule has 1 atom stereocenters. The number of rotatable bonds is 1. The largest absolute Gasteiger partial charge is 0.323 e. The van der Waals surface area contributed by atoms with Crippen molar-refractivity contribution in [3.8, 4) is 0 Å². The van der Waals surface area contributed by atoms with Gasteiger partial charge in [0.1, 0.15) is 5.82 Å². The van der Waals surface area contributed by atoms with Gasteiger partial charge in [0.2, 0.25) is 0 Å². The first kappa shape index (κ1) is 11.1. The smallest absolute Gasteiger partial charge is 0.255 e. The van der Waals surface area contributed by atoms with Crippen LogP contribution in [0.1, 0.15) is 29.6 Å². The second kappa shape index (κ2) is 4.61. The highest BCUT2D eigenvalue weighted by atomic mass is 19.1. The summed E-state index contributed by atoms with van der Waals surface area (Å²) in [7, 11) is 0. The van der Waals surface area contributed by atoms with E-state index in [1.165, 1.54) is 18.2 Å². The summed E-state index contributed by atoms with van der Waals surface area (Å²) in [6.07, 6.45) is 2.61. The van der Waals surface area contributed by atoms with Gasteiger partial charge in [0.05, 0.1) is 6.17 Å². The minimum absolute atomic E-state index is 0.174. The van der Waals surface area contributed by atoms with Crippen LogP contribution in [0.3, 0.4) is 0 Å². The number of benzene rings is 1. The predicted octanol–water partition coefficient (Wildman–Crippen LogP) is 1.74. The van der Waals surface area contributed by atoms with Crippen molar-refractivity contribution in [2.75, 3.05) is 6.54 Å². The molecule has 0 aromatic heterocycles. The Kier molecular flexibility index (Phi) is 3.19. The van der Waals surface area contributed by atoms with Crippen LogP contribution < -0.4 is 5.73 Å². The van der Waals surface area contributed by atoms with Gasteiger partial charge in [-0.2, -0.15) is 0 Å². The van der Waals surface area contributed by atoms with Crippen LogP contribution in [0.25, 0.3) is 0 Å². The van der Waals surface area contributed by atoms with E-state index in [-0.39, 0.29) is 12.1 Å². The third kappa shape index (κ3) is 2.22. The fourth-order valence-corrected chi connectivity index (χ4v) is 2.00. The van der Waals surface area contributed by atoms with Gasteiger partial charge in [0.15, 0.2) is 0 Å². The van der Waals surface area contributed by atoms with Crippen molar-refractivity contribution in [3.63, 3.8) is 0 Å². The lowest BCUT2D eigenvalue weighted by atomic mass is 10.1. The number of hydrogen-bond acceptors (Lipinski definition) is 2. The quantitative estimate of drug-likeness (QED) is 0.786. The highest BCUT2D eigenvalue weighted by molar-refractivity contribution is 5.94. The zero-order valence-electron chi connectivity index (χ0n) is 9.03. The number of amides is 1. The molecular formula is C12H15FN2O. The van der Waals surface area contributed by atoms with Crippen LogP contribution >= 0.6 is 0 Å². The van der Waals surface area contributed by atoms with E-state index in [2.05, 4.69) is 0 Å². The second-order valence-electron chi connectivity index (χ2n) is 4.07. The molecule has 1 saturated heterocycles. The Labute approximate surface area is 94.0 Å². The molecule has 16 heavy (non-hydrogen) atoms. The molecule has 86 valence electrons. The van der Waals surface area contributed by atoms with Crippen molar-refractivity contribution < 1.29 is 9.18 Å². The summed E-state index contributed by atoms with van der Waals surface area (Å²) >= 11 is 0. The van der Waals surface area contributed by atoms with E-state index in [1.54, 1.807) is 11.0 Å². The molecular weight excluding hydrogens is 207 g/mol. The van der Waals surface area contributed by atoms with E-state index < -0.39 is 5.82 Å². The summed E-state index contributed by atoms with van der Waals surface area (Å²) in [4.78, 5) is 13.7. The third-order valence-corrected chi connectivity index (χ3v) is 2.88. The third-order valence-electron chi connectivity index (χ3n) is 2.88. The molecule has 1 aliphatic heterocycles. The zero-order chi connectivity index (χ0) is 11.5. The standard InChI is InChI=1S/C12H15FN2O/c13-10-5-3-4-9(8-10)12(16)15-7-2-1-6-11(15)14/h3-5,8,11H,1-2,6-7,14H2. The lowest BCUT2D eigenvalue weighted by molar-refractivity contribution is 0.0621. The van der Waals surface area contributed by atoms with Crippen molar-refractivity contribution in [2.24, 2.45) is 5.73 Å². The van der Waals surface area contributed by atoms with E-state index in [4.69, 9.17) is 5.73 Å². The molecule has 1 amide bonds. The van der Waals surface area contributed by atoms with E-state index in [1.807, 2.05) is 0 Å². The molecule has 4 heteroatoms. The van der Waals surface area contributed by atoms with Gasteiger partial charge in [-0.05, 0) is 37.5 Å². The molecule has 0 bridgehead atoms. The van der Waals surface area contributed by atoms with Crippen molar-refractivity contribution in [1.29, 1.82) is 0 Å². The normalized spacial score (nSPS) is 20.9. The van der Waals surface area contributed by atoms with Gasteiger partial charge in [0, 0.05) is 12.1 Å². The molecule has 1 aliphatic rings. The lowest BCUT2D eigenvalue weighted by Gasteiger charge is -2.33. The van der Waals surface area contributed by atoms with Crippen LogP contribution in [-0.2, 0) is 0 Å². The van der Waals surface area contributed by atoms with E-state index in [0.717, 1.165) is 19.3 Å². The number of nitrogens with zero attached hydrogens (tertiary/aromatic N) is 1. The molecule has 1 heterocycles. The summed E-state index contributed by atoms with van der Waals surface area (Å²) in [6, 6.07) is 5.74. The van der Waals surface area contributed by atoms with Crippen molar-refractivity contribution in [3.05, 3.63) is 35.6 Å². The molecule has 1 unspecified atom stereocenters. The number of hydrogen-bond donors (Lipinski definition) is 1. The molecule has 0 spiro atoms. The van der Waals surface area contributed by atoms with Gasteiger partial charge < -0.3 is 10.6 Å². The highest BCUT2D eigenvalue weighted by Crippen LogP contribution is 2.16. The van der Waals surface area contributed by atoms with Gasteiger partial charge in [0.25, 0.3) is 5.91 Å². The van der Waals surface area contributed by atoms with Crippen molar-refractivity contribution in [2.45, 2.75) is 25.4 Å². The first-order valence-electron chi connectivity index (χ1n) is 5.50. The molecule has 2 N–H and O–H groups in total. The monoisotopic (exact) mass is 222 g/mol.